The number of amides is 1. The van der Waals surface area contributed by atoms with Crippen molar-refractivity contribution in [2.45, 2.75) is 25.8 Å². The van der Waals surface area contributed by atoms with E-state index < -0.39 is 0 Å². The van der Waals surface area contributed by atoms with Crippen molar-refractivity contribution in [2.75, 3.05) is 27.2 Å². The molecule has 19 heavy (non-hydrogen) atoms. The third-order valence-corrected chi connectivity index (χ3v) is 4.48. The Bertz CT molecular complexity index is 467. The van der Waals surface area contributed by atoms with Crippen molar-refractivity contribution in [2.24, 2.45) is 0 Å². The quantitative estimate of drug-likeness (QED) is 0.835. The Morgan fingerprint density at radius 1 is 1.37 bits per heavy atom. The zero-order chi connectivity index (χ0) is 14.0. The number of hydrogen-bond donors (Lipinski definition) is 0. The molecule has 0 aliphatic carbocycles. The number of halogens is 1. The zero-order valence-electron chi connectivity index (χ0n) is 11.8. The fourth-order valence-corrected chi connectivity index (χ4v) is 2.92. The topological polar surface area (TPSA) is 23.6 Å². The van der Waals surface area contributed by atoms with E-state index in [0.29, 0.717) is 6.04 Å². The fourth-order valence-electron chi connectivity index (χ4n) is 2.56. The Morgan fingerprint density at radius 2 is 2.00 bits per heavy atom. The van der Waals surface area contributed by atoms with Crippen LogP contribution in [-0.2, 0) is 0 Å². The number of nitrogens with zero attached hydrogens (tertiary/aromatic N) is 2. The van der Waals surface area contributed by atoms with Gasteiger partial charge in [0, 0.05) is 23.1 Å². The molecule has 0 N–H and O–H groups in total. The van der Waals surface area contributed by atoms with Crippen LogP contribution >= 0.6 is 15.9 Å². The Kier molecular flexibility index (Phi) is 4.63. The summed E-state index contributed by atoms with van der Waals surface area (Å²) < 4.78 is 0.957. The van der Waals surface area contributed by atoms with Gasteiger partial charge >= 0.3 is 0 Å². The standard InChI is InChI=1S/C15H21BrN2O/c1-11-4-5-12(16)10-14(11)15(19)18(3)13-6-8-17(2)9-7-13/h4-5,10,13H,6-9H2,1-3H3. The van der Waals surface area contributed by atoms with E-state index in [1.807, 2.05) is 37.1 Å². The summed E-state index contributed by atoms with van der Waals surface area (Å²) in [5, 5.41) is 0. The Balaban J connectivity index is 2.12. The van der Waals surface area contributed by atoms with Gasteiger partial charge in [-0.25, -0.2) is 0 Å². The van der Waals surface area contributed by atoms with Crippen molar-refractivity contribution < 1.29 is 4.79 Å². The average molecular weight is 325 g/mol. The Morgan fingerprint density at radius 3 is 2.63 bits per heavy atom. The number of hydrogen-bond acceptors (Lipinski definition) is 2. The lowest BCUT2D eigenvalue weighted by Crippen LogP contribution is -2.44. The van der Waals surface area contributed by atoms with Gasteiger partial charge in [-0.2, -0.15) is 0 Å². The maximum Gasteiger partial charge on any atom is 0.254 e. The third-order valence-electron chi connectivity index (χ3n) is 3.99. The molecule has 1 aromatic carbocycles. The van der Waals surface area contributed by atoms with E-state index in [9.17, 15) is 4.79 Å². The van der Waals surface area contributed by atoms with Crippen LogP contribution in [0.2, 0.25) is 0 Å². The van der Waals surface area contributed by atoms with Gasteiger partial charge in [0.1, 0.15) is 0 Å². The summed E-state index contributed by atoms with van der Waals surface area (Å²) in [4.78, 5) is 16.8. The van der Waals surface area contributed by atoms with E-state index in [4.69, 9.17) is 0 Å². The van der Waals surface area contributed by atoms with E-state index in [2.05, 4.69) is 27.9 Å². The minimum absolute atomic E-state index is 0.133. The summed E-state index contributed by atoms with van der Waals surface area (Å²) >= 11 is 3.44. The van der Waals surface area contributed by atoms with Crippen molar-refractivity contribution in [3.8, 4) is 0 Å². The lowest BCUT2D eigenvalue weighted by Gasteiger charge is -2.35. The van der Waals surface area contributed by atoms with Gasteiger partial charge in [0.25, 0.3) is 5.91 Å². The number of likely N-dealkylation sites (tertiary alicyclic amines) is 1. The van der Waals surface area contributed by atoms with Crippen LogP contribution in [0.15, 0.2) is 22.7 Å². The first-order valence-electron chi connectivity index (χ1n) is 6.71. The smallest absolute Gasteiger partial charge is 0.254 e. The van der Waals surface area contributed by atoms with Gasteiger partial charge in [-0.15, -0.1) is 0 Å². The summed E-state index contributed by atoms with van der Waals surface area (Å²) in [7, 11) is 4.06. The van der Waals surface area contributed by atoms with Gasteiger partial charge in [-0.3, -0.25) is 4.79 Å². The molecular weight excluding hydrogens is 304 g/mol. The van der Waals surface area contributed by atoms with Gasteiger partial charge in [-0.05, 0) is 57.6 Å². The molecule has 2 rings (SSSR count). The molecule has 1 fully saturated rings. The first kappa shape index (κ1) is 14.5. The molecule has 3 nitrogen and oxygen atoms in total. The second kappa shape index (κ2) is 6.06. The number of carbonyl (C=O) groups is 1. The zero-order valence-corrected chi connectivity index (χ0v) is 13.4. The van der Waals surface area contributed by atoms with Gasteiger partial charge in [0.2, 0.25) is 0 Å². The fraction of sp³-hybridized carbons (Fsp3) is 0.533. The molecule has 1 aliphatic heterocycles. The summed E-state index contributed by atoms with van der Waals surface area (Å²) in [5.41, 5.74) is 1.84. The van der Waals surface area contributed by atoms with Crippen LogP contribution in [0.4, 0.5) is 0 Å². The van der Waals surface area contributed by atoms with Crippen LogP contribution in [-0.4, -0.2) is 48.9 Å². The molecule has 1 heterocycles. The molecule has 4 heteroatoms. The number of piperidine rings is 1. The van der Waals surface area contributed by atoms with Crippen LogP contribution < -0.4 is 0 Å². The third kappa shape index (κ3) is 3.37. The van der Waals surface area contributed by atoms with E-state index in [-0.39, 0.29) is 5.91 Å². The number of carbonyl (C=O) groups excluding carboxylic acids is 1. The van der Waals surface area contributed by atoms with Gasteiger partial charge in [0.05, 0.1) is 0 Å². The highest BCUT2D eigenvalue weighted by atomic mass is 79.9. The highest BCUT2D eigenvalue weighted by molar-refractivity contribution is 9.10. The van der Waals surface area contributed by atoms with Crippen LogP contribution in [0.5, 0.6) is 0 Å². The first-order chi connectivity index (χ1) is 8.99. The molecule has 0 unspecified atom stereocenters. The summed E-state index contributed by atoms with van der Waals surface area (Å²) in [6, 6.07) is 6.24. The summed E-state index contributed by atoms with van der Waals surface area (Å²) in [6.07, 6.45) is 2.12. The maximum absolute atomic E-state index is 12.6. The summed E-state index contributed by atoms with van der Waals surface area (Å²) in [6.45, 7) is 4.13. The number of aryl methyl sites for hydroxylation is 1. The van der Waals surface area contributed by atoms with E-state index in [0.717, 1.165) is 41.5 Å². The van der Waals surface area contributed by atoms with Crippen LogP contribution in [0.3, 0.4) is 0 Å². The molecular formula is C15H21BrN2O. The van der Waals surface area contributed by atoms with Gasteiger partial charge in [0.15, 0.2) is 0 Å². The predicted molar refractivity (Wildman–Crippen MR) is 81.5 cm³/mol. The summed E-state index contributed by atoms with van der Waals surface area (Å²) in [5.74, 6) is 0.133. The lowest BCUT2D eigenvalue weighted by atomic mass is 10.0. The predicted octanol–water partition coefficient (Wildman–Crippen LogP) is 2.92. The average Bonchev–Trinajstić information content (AvgIpc) is 2.41. The largest absolute Gasteiger partial charge is 0.339 e. The second-order valence-electron chi connectivity index (χ2n) is 5.41. The molecule has 1 aliphatic rings. The van der Waals surface area contributed by atoms with Crippen LogP contribution in [0.25, 0.3) is 0 Å². The van der Waals surface area contributed by atoms with Crippen molar-refractivity contribution in [3.63, 3.8) is 0 Å². The molecule has 0 saturated carbocycles. The van der Waals surface area contributed by atoms with Crippen LogP contribution in [0.1, 0.15) is 28.8 Å². The van der Waals surface area contributed by atoms with E-state index in [1.165, 1.54) is 0 Å². The van der Waals surface area contributed by atoms with E-state index >= 15 is 0 Å². The van der Waals surface area contributed by atoms with Crippen LogP contribution in [0, 0.1) is 6.92 Å². The minimum atomic E-state index is 0.133. The molecule has 0 bridgehead atoms. The normalized spacial score (nSPS) is 17.5. The number of rotatable bonds is 2. The van der Waals surface area contributed by atoms with E-state index in [1.54, 1.807) is 0 Å². The molecule has 0 atom stereocenters. The second-order valence-corrected chi connectivity index (χ2v) is 6.33. The highest BCUT2D eigenvalue weighted by Gasteiger charge is 2.25. The molecule has 1 amide bonds. The molecule has 1 aromatic rings. The van der Waals surface area contributed by atoms with Gasteiger partial charge in [-0.1, -0.05) is 22.0 Å². The van der Waals surface area contributed by atoms with Crippen molar-refractivity contribution in [3.05, 3.63) is 33.8 Å². The monoisotopic (exact) mass is 324 g/mol. The highest BCUT2D eigenvalue weighted by Crippen LogP contribution is 2.21. The minimum Gasteiger partial charge on any atom is -0.339 e. The number of benzene rings is 1. The van der Waals surface area contributed by atoms with Crippen molar-refractivity contribution in [1.29, 1.82) is 0 Å². The Hall–Kier alpha value is -0.870. The molecule has 0 aromatic heterocycles. The lowest BCUT2D eigenvalue weighted by molar-refractivity contribution is 0.0659. The molecule has 0 spiro atoms. The van der Waals surface area contributed by atoms with Gasteiger partial charge < -0.3 is 9.80 Å². The van der Waals surface area contributed by atoms with Crippen molar-refractivity contribution >= 4 is 21.8 Å². The molecule has 104 valence electrons. The molecule has 0 radical (unpaired) electrons. The maximum atomic E-state index is 12.6. The first-order valence-corrected chi connectivity index (χ1v) is 7.50. The van der Waals surface area contributed by atoms with Crippen molar-refractivity contribution in [1.82, 2.24) is 9.80 Å². The SMILES string of the molecule is Cc1ccc(Br)cc1C(=O)N(C)C1CCN(C)CC1. The Labute approximate surface area is 123 Å². The molecule has 1 saturated heterocycles.